The summed E-state index contributed by atoms with van der Waals surface area (Å²) in [7, 11) is 0. The van der Waals surface area contributed by atoms with E-state index in [1.54, 1.807) is 6.20 Å². The van der Waals surface area contributed by atoms with E-state index in [2.05, 4.69) is 31.9 Å². The zero-order chi connectivity index (χ0) is 11.2. The van der Waals surface area contributed by atoms with Crippen molar-refractivity contribution in [3.8, 4) is 0 Å². The number of rotatable bonds is 5. The largest absolute Gasteiger partial charge is 0.343 e. The minimum absolute atomic E-state index is 0.732. The van der Waals surface area contributed by atoms with Crippen LogP contribution in [-0.2, 0) is 13.0 Å². The lowest BCUT2D eigenvalue weighted by Gasteiger charge is -2.05. The van der Waals surface area contributed by atoms with Crippen molar-refractivity contribution < 1.29 is 4.52 Å². The SMILES string of the molecule is Cc1ccncc1CNCCc1ncon1. The highest BCUT2D eigenvalue weighted by atomic mass is 16.5. The van der Waals surface area contributed by atoms with Gasteiger partial charge in [-0.1, -0.05) is 5.16 Å². The van der Waals surface area contributed by atoms with E-state index in [0.717, 1.165) is 25.3 Å². The third-order valence-corrected chi connectivity index (χ3v) is 2.40. The van der Waals surface area contributed by atoms with Gasteiger partial charge in [0.25, 0.3) is 0 Å². The first-order valence-electron chi connectivity index (χ1n) is 5.21. The summed E-state index contributed by atoms with van der Waals surface area (Å²) in [6.07, 6.45) is 5.81. The molecule has 2 aromatic rings. The van der Waals surface area contributed by atoms with E-state index in [0.29, 0.717) is 0 Å². The molecule has 0 radical (unpaired) electrons. The minimum atomic E-state index is 0.732. The van der Waals surface area contributed by atoms with Gasteiger partial charge in [-0.15, -0.1) is 0 Å². The second-order valence-electron chi connectivity index (χ2n) is 3.58. The number of nitrogens with zero attached hydrogens (tertiary/aromatic N) is 3. The van der Waals surface area contributed by atoms with Crippen LogP contribution in [0.2, 0.25) is 0 Å². The number of hydrogen-bond donors (Lipinski definition) is 1. The van der Waals surface area contributed by atoms with Crippen molar-refractivity contribution in [2.45, 2.75) is 19.9 Å². The molecule has 5 heteroatoms. The van der Waals surface area contributed by atoms with E-state index in [-0.39, 0.29) is 0 Å². The van der Waals surface area contributed by atoms with Gasteiger partial charge in [-0.3, -0.25) is 4.98 Å². The van der Waals surface area contributed by atoms with Crippen molar-refractivity contribution in [1.82, 2.24) is 20.4 Å². The highest BCUT2D eigenvalue weighted by Gasteiger charge is 1.99. The van der Waals surface area contributed by atoms with E-state index in [9.17, 15) is 0 Å². The number of nitrogens with one attached hydrogen (secondary N) is 1. The average Bonchev–Trinajstić information content (AvgIpc) is 2.79. The van der Waals surface area contributed by atoms with Crippen molar-refractivity contribution in [2.24, 2.45) is 0 Å². The molecule has 0 aliphatic heterocycles. The summed E-state index contributed by atoms with van der Waals surface area (Å²) in [5.74, 6) is 0.732. The molecule has 2 aromatic heterocycles. The number of aromatic nitrogens is 3. The Morgan fingerprint density at radius 1 is 1.44 bits per heavy atom. The van der Waals surface area contributed by atoms with E-state index in [1.165, 1.54) is 17.5 Å². The molecule has 0 amide bonds. The lowest BCUT2D eigenvalue weighted by molar-refractivity contribution is 0.409. The molecule has 2 rings (SSSR count). The first-order valence-corrected chi connectivity index (χ1v) is 5.21. The summed E-state index contributed by atoms with van der Waals surface area (Å²) >= 11 is 0. The molecule has 2 heterocycles. The molecule has 0 aliphatic rings. The first-order chi connectivity index (χ1) is 7.86. The molecule has 0 unspecified atom stereocenters. The molecule has 84 valence electrons. The Morgan fingerprint density at radius 3 is 3.12 bits per heavy atom. The van der Waals surface area contributed by atoms with Crippen molar-refractivity contribution in [2.75, 3.05) is 6.54 Å². The molecule has 0 saturated heterocycles. The number of hydrogen-bond acceptors (Lipinski definition) is 5. The summed E-state index contributed by atoms with van der Waals surface area (Å²) in [6, 6.07) is 2.01. The van der Waals surface area contributed by atoms with Crippen molar-refractivity contribution in [3.05, 3.63) is 41.8 Å². The zero-order valence-corrected chi connectivity index (χ0v) is 9.18. The van der Waals surface area contributed by atoms with Gasteiger partial charge < -0.3 is 9.84 Å². The van der Waals surface area contributed by atoms with Crippen molar-refractivity contribution in [1.29, 1.82) is 0 Å². The monoisotopic (exact) mass is 218 g/mol. The first kappa shape index (κ1) is 10.8. The van der Waals surface area contributed by atoms with Gasteiger partial charge in [0.15, 0.2) is 5.82 Å². The maximum Gasteiger partial charge on any atom is 0.213 e. The van der Waals surface area contributed by atoms with Crippen molar-refractivity contribution >= 4 is 0 Å². The Balaban J connectivity index is 1.74. The molecule has 0 spiro atoms. The van der Waals surface area contributed by atoms with Crippen LogP contribution in [0.3, 0.4) is 0 Å². The number of aryl methyl sites for hydroxylation is 1. The molecule has 1 N–H and O–H groups in total. The summed E-state index contributed by atoms with van der Waals surface area (Å²) < 4.78 is 4.65. The Morgan fingerprint density at radius 2 is 2.38 bits per heavy atom. The fourth-order valence-electron chi connectivity index (χ4n) is 1.41. The third kappa shape index (κ3) is 2.87. The van der Waals surface area contributed by atoms with Crippen LogP contribution in [0.4, 0.5) is 0 Å². The van der Waals surface area contributed by atoms with Gasteiger partial charge in [0, 0.05) is 31.9 Å². The highest BCUT2D eigenvalue weighted by molar-refractivity contribution is 5.20. The second kappa shape index (κ2) is 5.37. The normalized spacial score (nSPS) is 10.6. The van der Waals surface area contributed by atoms with Gasteiger partial charge in [0.2, 0.25) is 6.39 Å². The number of pyridine rings is 1. The molecule has 0 aromatic carbocycles. The minimum Gasteiger partial charge on any atom is -0.343 e. The predicted octanol–water partition coefficient (Wildman–Crippen LogP) is 1.11. The van der Waals surface area contributed by atoms with Crippen LogP contribution in [-0.4, -0.2) is 21.7 Å². The molecular weight excluding hydrogens is 204 g/mol. The molecule has 0 atom stereocenters. The lowest BCUT2D eigenvalue weighted by Crippen LogP contribution is -2.17. The Bertz CT molecular complexity index is 427. The highest BCUT2D eigenvalue weighted by Crippen LogP contribution is 2.03. The smallest absolute Gasteiger partial charge is 0.213 e. The molecule has 0 saturated carbocycles. The Kier molecular flexibility index (Phi) is 3.61. The summed E-state index contributed by atoms with van der Waals surface area (Å²) in [5.41, 5.74) is 2.47. The molecule has 5 nitrogen and oxygen atoms in total. The van der Waals surface area contributed by atoms with Gasteiger partial charge in [0.1, 0.15) is 0 Å². The topological polar surface area (TPSA) is 63.8 Å². The summed E-state index contributed by atoms with van der Waals surface area (Å²) in [5, 5.41) is 7.06. The Labute approximate surface area is 93.9 Å². The van der Waals surface area contributed by atoms with Crippen LogP contribution in [0.1, 0.15) is 17.0 Å². The average molecular weight is 218 g/mol. The second-order valence-corrected chi connectivity index (χ2v) is 3.58. The quantitative estimate of drug-likeness (QED) is 0.761. The van der Waals surface area contributed by atoms with Gasteiger partial charge in [-0.2, -0.15) is 4.98 Å². The standard InChI is InChI=1S/C11H14N4O/c1-9-2-4-12-6-10(9)7-13-5-3-11-14-8-16-15-11/h2,4,6,8,13H,3,5,7H2,1H3. The van der Waals surface area contributed by atoms with Gasteiger partial charge >= 0.3 is 0 Å². The van der Waals surface area contributed by atoms with E-state index < -0.39 is 0 Å². The van der Waals surface area contributed by atoms with Crippen LogP contribution in [0.25, 0.3) is 0 Å². The Hall–Kier alpha value is -1.75. The summed E-state index contributed by atoms with van der Waals surface area (Å²) in [6.45, 7) is 3.73. The van der Waals surface area contributed by atoms with Crippen LogP contribution in [0.5, 0.6) is 0 Å². The van der Waals surface area contributed by atoms with Crippen LogP contribution in [0.15, 0.2) is 29.4 Å². The van der Waals surface area contributed by atoms with E-state index >= 15 is 0 Å². The van der Waals surface area contributed by atoms with Crippen LogP contribution < -0.4 is 5.32 Å². The van der Waals surface area contributed by atoms with E-state index in [4.69, 9.17) is 0 Å². The lowest BCUT2D eigenvalue weighted by atomic mass is 10.1. The molecule has 0 fully saturated rings. The molecule has 16 heavy (non-hydrogen) atoms. The van der Waals surface area contributed by atoms with Gasteiger partial charge in [-0.05, 0) is 24.1 Å². The van der Waals surface area contributed by atoms with Crippen LogP contribution >= 0.6 is 0 Å². The van der Waals surface area contributed by atoms with Gasteiger partial charge in [0.05, 0.1) is 0 Å². The fraction of sp³-hybridized carbons (Fsp3) is 0.364. The third-order valence-electron chi connectivity index (χ3n) is 2.40. The maximum atomic E-state index is 4.65. The van der Waals surface area contributed by atoms with E-state index in [1.807, 2.05) is 12.3 Å². The molecule has 0 aliphatic carbocycles. The predicted molar refractivity (Wildman–Crippen MR) is 58.7 cm³/mol. The maximum absolute atomic E-state index is 4.65. The van der Waals surface area contributed by atoms with Gasteiger partial charge in [-0.25, -0.2) is 0 Å². The fourth-order valence-corrected chi connectivity index (χ4v) is 1.41. The van der Waals surface area contributed by atoms with Crippen LogP contribution in [0, 0.1) is 6.92 Å². The van der Waals surface area contributed by atoms with Crippen molar-refractivity contribution in [3.63, 3.8) is 0 Å². The molecular formula is C11H14N4O. The summed E-state index contributed by atoms with van der Waals surface area (Å²) in [4.78, 5) is 8.04. The zero-order valence-electron chi connectivity index (χ0n) is 9.18. The molecule has 0 bridgehead atoms.